The Balaban J connectivity index is 2.01. The van der Waals surface area contributed by atoms with Gasteiger partial charge in [0, 0.05) is 24.0 Å². The van der Waals surface area contributed by atoms with Crippen LogP contribution < -0.4 is 5.73 Å². The molecular formula is C17H25N3S. The smallest absolute Gasteiger partial charge is 0.0798 e. The molecule has 0 fully saturated rings. The van der Waals surface area contributed by atoms with E-state index in [1.165, 1.54) is 10.4 Å². The fraction of sp³-hybridized carbons (Fsp3) is 0.471. The Morgan fingerprint density at radius 1 is 1.29 bits per heavy atom. The number of nitrogens with two attached hydrogens (primary N) is 1. The van der Waals surface area contributed by atoms with Crippen molar-refractivity contribution in [3.63, 3.8) is 0 Å². The first-order valence-electron chi connectivity index (χ1n) is 7.28. The van der Waals surface area contributed by atoms with Gasteiger partial charge in [0.05, 0.1) is 11.2 Å². The third-order valence-corrected chi connectivity index (χ3v) is 4.86. The van der Waals surface area contributed by atoms with E-state index >= 15 is 0 Å². The van der Waals surface area contributed by atoms with Gasteiger partial charge in [0.2, 0.25) is 0 Å². The topological polar surface area (TPSA) is 42.2 Å². The fourth-order valence-corrected chi connectivity index (χ4v) is 3.54. The zero-order valence-corrected chi connectivity index (χ0v) is 14.2. The van der Waals surface area contributed by atoms with Crippen LogP contribution in [0.2, 0.25) is 0 Å². The molecule has 1 heterocycles. The average molecular weight is 303 g/mol. The molecule has 1 aromatic heterocycles. The Morgan fingerprint density at radius 3 is 2.52 bits per heavy atom. The Morgan fingerprint density at radius 2 is 1.95 bits per heavy atom. The maximum absolute atomic E-state index is 6.49. The predicted octanol–water partition coefficient (Wildman–Crippen LogP) is 3.61. The molecule has 21 heavy (non-hydrogen) atoms. The van der Waals surface area contributed by atoms with Gasteiger partial charge in [0.1, 0.15) is 0 Å². The van der Waals surface area contributed by atoms with Gasteiger partial charge in [-0.05, 0) is 24.9 Å². The van der Waals surface area contributed by atoms with Crippen molar-refractivity contribution >= 4 is 11.3 Å². The summed E-state index contributed by atoms with van der Waals surface area (Å²) in [6.07, 6.45) is 0. The Bertz CT molecular complexity index is 562. The van der Waals surface area contributed by atoms with Crippen molar-refractivity contribution < 1.29 is 0 Å². The number of thiazole rings is 1. The molecule has 2 rings (SSSR count). The first-order chi connectivity index (χ1) is 9.90. The zero-order chi connectivity index (χ0) is 15.5. The molecule has 0 spiro atoms. The molecule has 0 amide bonds. The van der Waals surface area contributed by atoms with Crippen molar-refractivity contribution in [3.05, 3.63) is 52.0 Å². The van der Waals surface area contributed by atoms with E-state index in [2.05, 4.69) is 62.0 Å². The van der Waals surface area contributed by atoms with Crippen LogP contribution in [-0.4, -0.2) is 23.5 Å². The van der Waals surface area contributed by atoms with E-state index in [1.54, 1.807) is 11.3 Å². The summed E-state index contributed by atoms with van der Waals surface area (Å²) in [5.74, 6) is 0. The third-order valence-electron chi connectivity index (χ3n) is 3.94. The maximum Gasteiger partial charge on any atom is 0.0798 e. The summed E-state index contributed by atoms with van der Waals surface area (Å²) < 4.78 is 0. The number of benzene rings is 1. The van der Waals surface area contributed by atoms with Crippen molar-refractivity contribution in [2.75, 3.05) is 13.6 Å². The normalized spacial score (nSPS) is 13.6. The van der Waals surface area contributed by atoms with Gasteiger partial charge >= 0.3 is 0 Å². The van der Waals surface area contributed by atoms with Crippen LogP contribution in [0.3, 0.4) is 0 Å². The standard InChI is InChI=1S/C17H25N3S/c1-13-15(21-12-19-13)10-20(4)11-17(2,3)16(18)14-8-6-5-7-9-14/h5-9,12,16H,10-11,18H2,1-4H3. The quantitative estimate of drug-likeness (QED) is 0.886. The van der Waals surface area contributed by atoms with Gasteiger partial charge < -0.3 is 10.6 Å². The zero-order valence-electron chi connectivity index (χ0n) is 13.3. The second-order valence-electron chi connectivity index (χ2n) is 6.41. The van der Waals surface area contributed by atoms with E-state index in [-0.39, 0.29) is 11.5 Å². The maximum atomic E-state index is 6.49. The van der Waals surface area contributed by atoms with Crippen molar-refractivity contribution in [2.45, 2.75) is 33.4 Å². The lowest BCUT2D eigenvalue weighted by Crippen LogP contribution is -2.39. The molecule has 2 N–H and O–H groups in total. The van der Waals surface area contributed by atoms with E-state index in [1.807, 2.05) is 11.6 Å². The molecule has 0 aliphatic rings. The van der Waals surface area contributed by atoms with Gasteiger partial charge in [0.25, 0.3) is 0 Å². The number of aryl methyl sites for hydroxylation is 1. The second-order valence-corrected chi connectivity index (χ2v) is 7.35. The number of rotatable bonds is 6. The summed E-state index contributed by atoms with van der Waals surface area (Å²) in [5.41, 5.74) is 10.7. The lowest BCUT2D eigenvalue weighted by atomic mass is 9.80. The fourth-order valence-electron chi connectivity index (χ4n) is 2.68. The lowest BCUT2D eigenvalue weighted by Gasteiger charge is -2.35. The van der Waals surface area contributed by atoms with Gasteiger partial charge in [0.15, 0.2) is 0 Å². The molecule has 0 aliphatic carbocycles. The molecule has 2 aromatic rings. The molecule has 0 radical (unpaired) electrons. The van der Waals surface area contributed by atoms with Crippen LogP contribution in [-0.2, 0) is 6.54 Å². The molecule has 114 valence electrons. The summed E-state index contributed by atoms with van der Waals surface area (Å²) >= 11 is 1.72. The highest BCUT2D eigenvalue weighted by Gasteiger charge is 2.29. The van der Waals surface area contributed by atoms with Crippen LogP contribution in [0.15, 0.2) is 35.8 Å². The largest absolute Gasteiger partial charge is 0.323 e. The van der Waals surface area contributed by atoms with Gasteiger partial charge in [-0.2, -0.15) is 0 Å². The monoisotopic (exact) mass is 303 g/mol. The molecule has 1 unspecified atom stereocenters. The van der Waals surface area contributed by atoms with Gasteiger partial charge in [-0.1, -0.05) is 44.2 Å². The number of hydrogen-bond donors (Lipinski definition) is 1. The Kier molecular flexibility index (Phi) is 5.14. The molecule has 0 aliphatic heterocycles. The molecule has 3 nitrogen and oxygen atoms in total. The lowest BCUT2D eigenvalue weighted by molar-refractivity contribution is 0.172. The summed E-state index contributed by atoms with van der Waals surface area (Å²) in [6, 6.07) is 10.4. The van der Waals surface area contributed by atoms with E-state index in [0.29, 0.717) is 0 Å². The highest BCUT2D eigenvalue weighted by molar-refractivity contribution is 7.09. The number of hydrogen-bond acceptors (Lipinski definition) is 4. The van der Waals surface area contributed by atoms with Crippen molar-refractivity contribution in [3.8, 4) is 0 Å². The molecule has 0 saturated carbocycles. The Hall–Kier alpha value is -1.23. The first kappa shape index (κ1) is 16.1. The average Bonchev–Trinajstić information content (AvgIpc) is 2.83. The minimum atomic E-state index is 0.00863. The number of aromatic nitrogens is 1. The summed E-state index contributed by atoms with van der Waals surface area (Å²) in [6.45, 7) is 8.42. The third kappa shape index (κ3) is 4.13. The molecule has 1 atom stereocenters. The van der Waals surface area contributed by atoms with E-state index in [9.17, 15) is 0 Å². The van der Waals surface area contributed by atoms with Crippen molar-refractivity contribution in [2.24, 2.45) is 11.1 Å². The summed E-state index contributed by atoms with van der Waals surface area (Å²) in [7, 11) is 2.15. The van der Waals surface area contributed by atoms with Gasteiger partial charge in [-0.15, -0.1) is 11.3 Å². The molecule has 4 heteroatoms. The minimum absolute atomic E-state index is 0.00863. The van der Waals surface area contributed by atoms with E-state index < -0.39 is 0 Å². The predicted molar refractivity (Wildman–Crippen MR) is 90.3 cm³/mol. The van der Waals surface area contributed by atoms with Gasteiger partial charge in [-0.25, -0.2) is 4.98 Å². The van der Waals surface area contributed by atoms with E-state index in [0.717, 1.165) is 18.8 Å². The van der Waals surface area contributed by atoms with Crippen molar-refractivity contribution in [1.29, 1.82) is 0 Å². The first-order valence-corrected chi connectivity index (χ1v) is 8.16. The number of nitrogens with zero attached hydrogens (tertiary/aromatic N) is 2. The van der Waals surface area contributed by atoms with Crippen LogP contribution in [0.1, 0.15) is 36.0 Å². The molecule has 0 saturated heterocycles. The van der Waals surface area contributed by atoms with Crippen LogP contribution in [0.5, 0.6) is 0 Å². The van der Waals surface area contributed by atoms with Crippen LogP contribution in [0.4, 0.5) is 0 Å². The van der Waals surface area contributed by atoms with Crippen molar-refractivity contribution in [1.82, 2.24) is 9.88 Å². The van der Waals surface area contributed by atoms with Crippen LogP contribution in [0, 0.1) is 12.3 Å². The summed E-state index contributed by atoms with van der Waals surface area (Å²) in [5, 5.41) is 0. The summed E-state index contributed by atoms with van der Waals surface area (Å²) in [4.78, 5) is 7.99. The highest BCUT2D eigenvalue weighted by atomic mass is 32.1. The Labute approximate surface area is 131 Å². The molecular weight excluding hydrogens is 278 g/mol. The minimum Gasteiger partial charge on any atom is -0.323 e. The second kappa shape index (κ2) is 6.69. The molecule has 1 aromatic carbocycles. The van der Waals surface area contributed by atoms with Gasteiger partial charge in [-0.3, -0.25) is 0 Å². The van der Waals surface area contributed by atoms with E-state index in [4.69, 9.17) is 5.73 Å². The molecule has 0 bridgehead atoms. The van der Waals surface area contributed by atoms with Crippen LogP contribution >= 0.6 is 11.3 Å². The van der Waals surface area contributed by atoms with Crippen LogP contribution in [0.25, 0.3) is 0 Å². The SMILES string of the molecule is Cc1ncsc1CN(C)CC(C)(C)C(N)c1ccccc1. The highest BCUT2D eigenvalue weighted by Crippen LogP contribution is 2.32.